The number of nitrogen functional groups attached to an aromatic ring is 1. The van der Waals surface area contributed by atoms with E-state index in [0.717, 1.165) is 23.9 Å². The van der Waals surface area contributed by atoms with Gasteiger partial charge in [-0.15, -0.1) is 0 Å². The van der Waals surface area contributed by atoms with Crippen LogP contribution in [0.15, 0.2) is 48.8 Å². The van der Waals surface area contributed by atoms with Gasteiger partial charge in [-0.2, -0.15) is 18.4 Å². The van der Waals surface area contributed by atoms with Crippen molar-refractivity contribution < 1.29 is 27.5 Å². The summed E-state index contributed by atoms with van der Waals surface area (Å²) in [6.45, 7) is 6.44. The quantitative estimate of drug-likeness (QED) is 0.425. The van der Waals surface area contributed by atoms with E-state index in [1.165, 1.54) is 12.1 Å². The number of rotatable bonds is 4. The molecule has 9 nitrogen and oxygen atoms in total. The van der Waals surface area contributed by atoms with Crippen molar-refractivity contribution >= 4 is 23.5 Å². The number of halogens is 3. The Morgan fingerprint density at radius 2 is 1.77 bits per heavy atom. The molecular formula is C28H29F3N6O3. The zero-order valence-electron chi connectivity index (χ0n) is 22.2. The number of carbonyl (C=O) groups is 2. The topological polar surface area (TPSA) is 126 Å². The maximum absolute atomic E-state index is 13.0. The highest BCUT2D eigenvalue weighted by Crippen LogP contribution is 2.36. The summed E-state index contributed by atoms with van der Waals surface area (Å²) in [5.41, 5.74) is 7.04. The van der Waals surface area contributed by atoms with E-state index in [1.54, 1.807) is 27.8 Å². The summed E-state index contributed by atoms with van der Waals surface area (Å²) in [5, 5.41) is 12.2. The van der Waals surface area contributed by atoms with Crippen LogP contribution in [0.5, 0.6) is 0 Å². The molecule has 3 N–H and O–H groups in total. The molecule has 2 aromatic heterocycles. The number of hydrogen-bond acceptors (Lipinski definition) is 6. The number of piperidine rings is 1. The molecule has 0 bridgehead atoms. The predicted octanol–water partition coefficient (Wildman–Crippen LogP) is 5.71. The Bertz CT molecular complexity index is 1440. The Morgan fingerprint density at radius 3 is 2.35 bits per heavy atom. The third-order valence-corrected chi connectivity index (χ3v) is 6.50. The number of nitrogens with zero attached hydrogens (tertiary/aromatic N) is 4. The van der Waals surface area contributed by atoms with Crippen molar-refractivity contribution in [3.63, 3.8) is 0 Å². The first-order valence-electron chi connectivity index (χ1n) is 12.6. The summed E-state index contributed by atoms with van der Waals surface area (Å²) in [5.74, 6) is -0.823. The van der Waals surface area contributed by atoms with Crippen LogP contribution in [0.3, 0.4) is 0 Å². The lowest BCUT2D eigenvalue weighted by Crippen LogP contribution is -2.41. The minimum absolute atomic E-state index is 0.0389. The zero-order valence-corrected chi connectivity index (χ0v) is 22.2. The van der Waals surface area contributed by atoms with E-state index in [9.17, 15) is 28.0 Å². The molecule has 12 heteroatoms. The summed E-state index contributed by atoms with van der Waals surface area (Å²) >= 11 is 0. The minimum atomic E-state index is -4.56. The third kappa shape index (κ3) is 6.36. The van der Waals surface area contributed by atoms with Crippen LogP contribution in [0.2, 0.25) is 0 Å². The highest BCUT2D eigenvalue weighted by Gasteiger charge is 2.31. The Labute approximate surface area is 229 Å². The molecule has 4 rings (SSSR count). The fraction of sp³-hybridized carbons (Fsp3) is 0.357. The van der Waals surface area contributed by atoms with Gasteiger partial charge in [-0.25, -0.2) is 9.78 Å². The van der Waals surface area contributed by atoms with Crippen LogP contribution < -0.4 is 11.1 Å². The number of pyridine rings is 1. The Kier molecular flexibility index (Phi) is 7.77. The molecule has 3 heterocycles. The molecule has 1 aliphatic rings. The second-order valence-electron chi connectivity index (χ2n) is 10.5. The zero-order chi connectivity index (χ0) is 29.2. The summed E-state index contributed by atoms with van der Waals surface area (Å²) < 4.78 is 46.0. The molecule has 1 aromatic carbocycles. The molecule has 0 spiro atoms. The molecule has 210 valence electrons. The maximum Gasteiger partial charge on any atom is 0.416 e. The standard InChI is InChI=1S/C28H29F3N6O3/c1-27(2,3)40-26(39)36-12-9-17(10-13-36)21-16-37(22(15-32)24(21)33)20-6-4-18(5-7-20)25(38)35-23-14-19(8-11-34-23)28(29,30)31/h4-8,11,14,16-17H,9-10,12-13,33H2,1-3H3,(H,34,35,38). The molecule has 0 atom stereocenters. The Balaban J connectivity index is 1.48. The molecule has 1 saturated heterocycles. The van der Waals surface area contributed by atoms with Crippen molar-refractivity contribution in [2.45, 2.75) is 51.3 Å². The predicted molar refractivity (Wildman–Crippen MR) is 142 cm³/mol. The maximum atomic E-state index is 13.0. The van der Waals surface area contributed by atoms with Crippen molar-refractivity contribution in [1.29, 1.82) is 5.26 Å². The highest BCUT2D eigenvalue weighted by atomic mass is 19.4. The number of nitrogens with two attached hydrogens (primary N) is 1. The van der Waals surface area contributed by atoms with Gasteiger partial charge in [0.1, 0.15) is 23.2 Å². The van der Waals surface area contributed by atoms with Crippen molar-refractivity contribution in [1.82, 2.24) is 14.5 Å². The first-order chi connectivity index (χ1) is 18.8. The second-order valence-corrected chi connectivity index (χ2v) is 10.5. The van der Waals surface area contributed by atoms with E-state index in [1.807, 2.05) is 20.8 Å². The molecule has 0 unspecified atom stereocenters. The molecule has 1 aliphatic heterocycles. The third-order valence-electron chi connectivity index (χ3n) is 6.50. The molecule has 3 aromatic rings. The van der Waals surface area contributed by atoms with Gasteiger partial charge in [-0.05, 0) is 81.5 Å². The molecule has 0 aliphatic carbocycles. The van der Waals surface area contributed by atoms with Crippen LogP contribution in [0.1, 0.15) is 66.7 Å². The van der Waals surface area contributed by atoms with Crippen LogP contribution >= 0.6 is 0 Å². The van der Waals surface area contributed by atoms with Gasteiger partial charge >= 0.3 is 12.3 Å². The molecule has 0 radical (unpaired) electrons. The number of nitriles is 1. The van der Waals surface area contributed by atoms with Gasteiger partial charge in [-0.1, -0.05) is 0 Å². The van der Waals surface area contributed by atoms with Gasteiger partial charge in [-0.3, -0.25) is 4.79 Å². The number of likely N-dealkylation sites (tertiary alicyclic amines) is 1. The van der Waals surface area contributed by atoms with E-state index in [2.05, 4.69) is 16.4 Å². The van der Waals surface area contributed by atoms with Gasteiger partial charge < -0.3 is 25.3 Å². The van der Waals surface area contributed by atoms with Crippen LogP contribution in [0.4, 0.5) is 29.5 Å². The Hall–Kier alpha value is -4.53. The second kappa shape index (κ2) is 10.9. The highest BCUT2D eigenvalue weighted by molar-refractivity contribution is 6.03. The van der Waals surface area contributed by atoms with Crippen LogP contribution in [-0.2, 0) is 10.9 Å². The van der Waals surface area contributed by atoms with E-state index >= 15 is 0 Å². The first-order valence-corrected chi connectivity index (χ1v) is 12.6. The number of carbonyl (C=O) groups excluding carboxylic acids is 2. The van der Waals surface area contributed by atoms with Crippen LogP contribution in [0.25, 0.3) is 5.69 Å². The smallest absolute Gasteiger partial charge is 0.416 e. The van der Waals surface area contributed by atoms with E-state index in [4.69, 9.17) is 10.5 Å². The molecular weight excluding hydrogens is 525 g/mol. The van der Waals surface area contributed by atoms with Crippen LogP contribution in [0, 0.1) is 11.3 Å². The van der Waals surface area contributed by atoms with Crippen molar-refractivity contribution in [2.24, 2.45) is 0 Å². The lowest BCUT2D eigenvalue weighted by Gasteiger charge is -2.33. The normalized spacial score (nSPS) is 14.5. The average Bonchev–Trinajstić information content (AvgIpc) is 3.23. The van der Waals surface area contributed by atoms with Crippen molar-refractivity contribution in [3.8, 4) is 11.8 Å². The average molecular weight is 555 g/mol. The van der Waals surface area contributed by atoms with Gasteiger partial charge in [0.05, 0.1) is 11.3 Å². The van der Waals surface area contributed by atoms with Gasteiger partial charge in [0.2, 0.25) is 0 Å². The number of ether oxygens (including phenoxy) is 1. The van der Waals surface area contributed by atoms with Crippen LogP contribution in [-0.4, -0.2) is 45.1 Å². The number of anilines is 2. The van der Waals surface area contributed by atoms with E-state index in [0.29, 0.717) is 37.3 Å². The number of nitrogens with one attached hydrogen (secondary N) is 1. The van der Waals surface area contributed by atoms with Gasteiger partial charge in [0.15, 0.2) is 0 Å². The van der Waals surface area contributed by atoms with Gasteiger partial charge in [0, 0.05) is 36.7 Å². The number of hydrogen-bond donors (Lipinski definition) is 2. The molecule has 40 heavy (non-hydrogen) atoms. The number of alkyl halides is 3. The largest absolute Gasteiger partial charge is 0.444 e. The van der Waals surface area contributed by atoms with E-state index in [-0.39, 0.29) is 29.1 Å². The minimum Gasteiger partial charge on any atom is -0.444 e. The monoisotopic (exact) mass is 554 g/mol. The van der Waals surface area contributed by atoms with Crippen molar-refractivity contribution in [2.75, 3.05) is 24.1 Å². The summed E-state index contributed by atoms with van der Waals surface area (Å²) in [7, 11) is 0. The number of aromatic nitrogens is 2. The SMILES string of the molecule is CC(C)(C)OC(=O)N1CCC(c2cn(-c3ccc(C(=O)Nc4cc(C(F)(F)F)ccn4)cc3)c(C#N)c2N)CC1. The number of benzene rings is 1. The lowest BCUT2D eigenvalue weighted by atomic mass is 9.90. The summed E-state index contributed by atoms with van der Waals surface area (Å²) in [6, 6.07) is 9.93. The number of amides is 2. The van der Waals surface area contributed by atoms with Gasteiger partial charge in [0.25, 0.3) is 5.91 Å². The Morgan fingerprint density at radius 1 is 1.12 bits per heavy atom. The summed E-state index contributed by atoms with van der Waals surface area (Å²) in [4.78, 5) is 30.5. The molecule has 2 amide bonds. The fourth-order valence-corrected chi connectivity index (χ4v) is 4.52. The van der Waals surface area contributed by atoms with Crippen molar-refractivity contribution in [3.05, 3.63) is 71.2 Å². The van der Waals surface area contributed by atoms with E-state index < -0.39 is 23.2 Å². The summed E-state index contributed by atoms with van der Waals surface area (Å²) in [6.07, 6.45) is -0.844. The lowest BCUT2D eigenvalue weighted by molar-refractivity contribution is -0.137. The first kappa shape index (κ1) is 28.5. The molecule has 0 saturated carbocycles. The molecule has 1 fully saturated rings. The fourth-order valence-electron chi connectivity index (χ4n) is 4.52.